The predicted octanol–water partition coefficient (Wildman–Crippen LogP) is 0.934. The molecule has 1 aromatic carbocycles. The number of nitrogens with zero attached hydrogens (tertiary/aromatic N) is 4. The van der Waals surface area contributed by atoms with Crippen molar-refractivity contribution in [2.24, 2.45) is 4.99 Å². The van der Waals surface area contributed by atoms with Crippen molar-refractivity contribution in [3.63, 3.8) is 0 Å². The van der Waals surface area contributed by atoms with Gasteiger partial charge in [0.25, 0.3) is 0 Å². The molecule has 1 N–H and O–H groups in total. The Bertz CT molecular complexity index is 1120. The summed E-state index contributed by atoms with van der Waals surface area (Å²) in [5.74, 6) is 1.54. The van der Waals surface area contributed by atoms with Crippen molar-refractivity contribution < 1.29 is 33.8 Å². The number of methoxy groups -OCH3 is 1. The van der Waals surface area contributed by atoms with E-state index in [1.165, 1.54) is 18.6 Å². The molecule has 4 rings (SSSR count). The molecule has 0 spiro atoms. The average Bonchev–Trinajstić information content (AvgIpc) is 2.74. The van der Waals surface area contributed by atoms with Crippen LogP contribution in [-0.4, -0.2) is 34.0 Å². The summed E-state index contributed by atoms with van der Waals surface area (Å²) in [5, 5.41) is 4.19. The van der Waals surface area contributed by atoms with E-state index in [9.17, 15) is 4.39 Å². The number of aliphatic imine (C=N–C) groups is 1. The van der Waals surface area contributed by atoms with Gasteiger partial charge in [0.1, 0.15) is 0 Å². The Labute approximate surface area is 177 Å². The summed E-state index contributed by atoms with van der Waals surface area (Å²) in [5.41, 5.74) is 3.02. The molecule has 1 aliphatic heterocycles. The van der Waals surface area contributed by atoms with E-state index < -0.39 is 21.6 Å². The van der Waals surface area contributed by atoms with Crippen LogP contribution in [0, 0.1) is 5.82 Å². The Kier molecular flexibility index (Phi) is 5.56. The van der Waals surface area contributed by atoms with E-state index in [0.29, 0.717) is 28.7 Å². The average molecular weight is 506 g/mol. The molecular weight excluding hydrogens is 488 g/mol. The third-order valence-corrected chi connectivity index (χ3v) is 6.13. The number of pyridine rings is 1. The van der Waals surface area contributed by atoms with Gasteiger partial charge in [-0.15, -0.1) is 0 Å². The van der Waals surface area contributed by atoms with Crippen molar-refractivity contribution in [2.45, 2.75) is 19.9 Å². The fourth-order valence-electron chi connectivity index (χ4n) is 2.93. The van der Waals surface area contributed by atoms with Crippen LogP contribution in [0.3, 0.4) is 0 Å². The van der Waals surface area contributed by atoms with Gasteiger partial charge in [0.05, 0.1) is 0 Å². The van der Waals surface area contributed by atoms with E-state index in [0.717, 1.165) is 16.6 Å². The summed E-state index contributed by atoms with van der Waals surface area (Å²) in [6, 6.07) is 6.70. The van der Waals surface area contributed by atoms with Gasteiger partial charge < -0.3 is 0 Å². The molecule has 2 aromatic heterocycles. The van der Waals surface area contributed by atoms with E-state index in [2.05, 4.69) is 25.3 Å². The molecular formula is C20H18FIN5O2-. The minimum absolute atomic E-state index is 0.0646. The SMILES string of the molecule is COc1cc(-c2ccc(F)cn2)cc2c(N[C@H](C)C3=C[I-]OC(C)=N3)ncnc12. The van der Waals surface area contributed by atoms with E-state index in [-0.39, 0.29) is 11.9 Å². The number of hydrogen-bond acceptors (Lipinski definition) is 7. The molecule has 150 valence electrons. The van der Waals surface area contributed by atoms with Crippen molar-refractivity contribution in [1.29, 1.82) is 0 Å². The minimum atomic E-state index is -0.482. The van der Waals surface area contributed by atoms with Gasteiger partial charge in [0, 0.05) is 0 Å². The number of nitrogens with one attached hydrogen (secondary N) is 1. The number of anilines is 1. The summed E-state index contributed by atoms with van der Waals surface area (Å²) >= 11 is -0.482. The molecule has 0 saturated carbocycles. The first-order chi connectivity index (χ1) is 14.0. The monoisotopic (exact) mass is 506 g/mol. The zero-order valence-corrected chi connectivity index (χ0v) is 18.1. The van der Waals surface area contributed by atoms with Crippen LogP contribution < -0.4 is 31.7 Å². The summed E-state index contributed by atoms with van der Waals surface area (Å²) in [4.78, 5) is 17.5. The van der Waals surface area contributed by atoms with Crippen LogP contribution in [0.5, 0.6) is 5.75 Å². The second-order valence-corrected chi connectivity index (χ2v) is 7.93. The molecule has 0 aliphatic carbocycles. The fourth-order valence-corrected chi connectivity index (χ4v) is 4.46. The first-order valence-electron chi connectivity index (χ1n) is 8.82. The summed E-state index contributed by atoms with van der Waals surface area (Å²) in [6.45, 7) is 3.88. The molecule has 3 aromatic rings. The van der Waals surface area contributed by atoms with Gasteiger partial charge in [-0.1, -0.05) is 0 Å². The van der Waals surface area contributed by atoms with Gasteiger partial charge in [0.2, 0.25) is 0 Å². The maximum absolute atomic E-state index is 13.3. The quantitative estimate of drug-likeness (QED) is 0.519. The third-order valence-electron chi connectivity index (χ3n) is 4.34. The third kappa shape index (κ3) is 4.14. The van der Waals surface area contributed by atoms with E-state index in [4.69, 9.17) is 7.80 Å². The number of benzene rings is 1. The molecule has 7 nitrogen and oxygen atoms in total. The van der Waals surface area contributed by atoms with Gasteiger partial charge >= 0.3 is 174 Å². The molecule has 3 heterocycles. The van der Waals surface area contributed by atoms with Crippen LogP contribution in [0.4, 0.5) is 10.2 Å². The van der Waals surface area contributed by atoms with Crippen LogP contribution in [0.1, 0.15) is 13.8 Å². The van der Waals surface area contributed by atoms with E-state index in [1.54, 1.807) is 13.2 Å². The van der Waals surface area contributed by atoms with Crippen LogP contribution in [-0.2, 0) is 3.07 Å². The van der Waals surface area contributed by atoms with Gasteiger partial charge in [0.15, 0.2) is 0 Å². The topological polar surface area (TPSA) is 81.5 Å². The van der Waals surface area contributed by atoms with Crippen LogP contribution in [0.15, 0.2) is 51.6 Å². The molecule has 0 unspecified atom stereocenters. The standard InChI is InChI=1S/C20H18FIN5O2/c1-11(17-8-22-29-12(2)27-17)26-20-15-6-13(16-5-4-14(21)9-23-16)7-18(28-3)19(15)24-10-25-20/h4-11H,1-3H3,(H,24,25,26)/q-1/t11-/m1/s1. The molecule has 9 heteroatoms. The molecule has 0 saturated heterocycles. The molecule has 1 atom stereocenters. The summed E-state index contributed by atoms with van der Waals surface area (Å²) < 4.78 is 26.3. The van der Waals surface area contributed by atoms with Crippen molar-refractivity contribution in [1.82, 2.24) is 15.0 Å². The molecule has 0 bridgehead atoms. The predicted molar refractivity (Wildman–Crippen MR) is 105 cm³/mol. The fraction of sp³-hybridized carbons (Fsp3) is 0.200. The first kappa shape index (κ1) is 19.5. The maximum atomic E-state index is 13.3. The Balaban J connectivity index is 1.77. The zero-order valence-electron chi connectivity index (χ0n) is 16.0. The van der Waals surface area contributed by atoms with Crippen molar-refractivity contribution in [3.05, 3.63) is 52.4 Å². The van der Waals surface area contributed by atoms with Gasteiger partial charge in [-0.2, -0.15) is 0 Å². The van der Waals surface area contributed by atoms with E-state index >= 15 is 0 Å². The number of fused-ring (bicyclic) bond motifs is 1. The summed E-state index contributed by atoms with van der Waals surface area (Å²) in [7, 11) is 1.59. The van der Waals surface area contributed by atoms with Crippen molar-refractivity contribution in [3.8, 4) is 17.0 Å². The Morgan fingerprint density at radius 2 is 2.07 bits per heavy atom. The summed E-state index contributed by atoms with van der Waals surface area (Å²) in [6.07, 6.45) is 2.69. The molecule has 0 amide bonds. The van der Waals surface area contributed by atoms with Crippen LogP contribution in [0.25, 0.3) is 22.2 Å². The Morgan fingerprint density at radius 3 is 2.79 bits per heavy atom. The normalized spacial score (nSPS) is 14.9. The first-order valence-corrected chi connectivity index (χ1v) is 10.9. The van der Waals surface area contributed by atoms with E-state index in [1.807, 2.05) is 30.1 Å². The second-order valence-electron chi connectivity index (χ2n) is 6.36. The molecule has 1 aliphatic rings. The number of ether oxygens (including phenoxy) is 1. The molecule has 0 fully saturated rings. The Hall–Kier alpha value is -2.82. The van der Waals surface area contributed by atoms with Crippen molar-refractivity contribution in [2.75, 3.05) is 12.4 Å². The number of hydrogen-bond donors (Lipinski definition) is 1. The van der Waals surface area contributed by atoms with Gasteiger partial charge in [-0.3, -0.25) is 0 Å². The molecule has 0 radical (unpaired) electrons. The second kappa shape index (κ2) is 8.27. The Morgan fingerprint density at radius 1 is 1.21 bits per heavy atom. The molecule has 29 heavy (non-hydrogen) atoms. The van der Waals surface area contributed by atoms with Crippen molar-refractivity contribution >= 4 is 22.6 Å². The van der Waals surface area contributed by atoms with Crippen LogP contribution >= 0.6 is 0 Å². The number of halogens is 2. The number of aromatic nitrogens is 3. The van der Waals surface area contributed by atoms with Gasteiger partial charge in [-0.25, -0.2) is 4.39 Å². The van der Waals surface area contributed by atoms with Gasteiger partial charge in [-0.05, 0) is 0 Å². The van der Waals surface area contributed by atoms with Crippen LogP contribution in [0.2, 0.25) is 0 Å². The zero-order chi connectivity index (χ0) is 20.4. The number of rotatable bonds is 5.